The first kappa shape index (κ1) is 27.0. The molecule has 0 saturated heterocycles. The Morgan fingerprint density at radius 1 is 1.00 bits per heavy atom. The lowest BCUT2D eigenvalue weighted by molar-refractivity contribution is -0.00847. The molecule has 0 bridgehead atoms. The number of nitrogens with one attached hydrogen (secondary N) is 1. The van der Waals surface area contributed by atoms with Gasteiger partial charge in [-0.25, -0.2) is 4.79 Å². The second-order valence-electron chi connectivity index (χ2n) is 7.77. The molecule has 2 aromatic rings. The maximum Gasteiger partial charge on any atom is 0.322 e. The van der Waals surface area contributed by atoms with E-state index in [4.69, 9.17) is 14.2 Å². The minimum absolute atomic E-state index is 0.0705. The summed E-state index contributed by atoms with van der Waals surface area (Å²) in [5.41, 5.74) is 1.91. The van der Waals surface area contributed by atoms with Crippen LogP contribution in [0.5, 0.6) is 5.75 Å². The molecule has 0 spiro atoms. The fourth-order valence-electron chi connectivity index (χ4n) is 3.32. The van der Waals surface area contributed by atoms with Crippen LogP contribution in [0.1, 0.15) is 44.6 Å². The number of ether oxygens (including phenoxy) is 3. The number of hydrogen-bond acceptors (Lipinski definition) is 5. The van der Waals surface area contributed by atoms with Gasteiger partial charge in [0.2, 0.25) is 0 Å². The summed E-state index contributed by atoms with van der Waals surface area (Å²) < 4.78 is 15.9. The topological polar surface area (TPSA) is 60.0 Å². The van der Waals surface area contributed by atoms with Gasteiger partial charge in [0.25, 0.3) is 0 Å². The molecule has 0 aromatic heterocycles. The molecule has 33 heavy (non-hydrogen) atoms. The van der Waals surface area contributed by atoms with Gasteiger partial charge in [-0.3, -0.25) is 0 Å². The number of nitrogens with zero attached hydrogens (tertiary/aromatic N) is 1. The van der Waals surface area contributed by atoms with Crippen molar-refractivity contribution >= 4 is 23.5 Å². The molecule has 1 N–H and O–H groups in total. The van der Waals surface area contributed by atoms with Crippen molar-refractivity contribution in [3.05, 3.63) is 54.1 Å². The molecule has 0 atom stereocenters. The molecule has 0 aliphatic carbocycles. The van der Waals surface area contributed by atoms with Crippen LogP contribution in [0, 0.1) is 0 Å². The monoisotopic (exact) mass is 474 g/mol. The van der Waals surface area contributed by atoms with Crippen molar-refractivity contribution in [1.29, 1.82) is 0 Å². The maximum absolute atomic E-state index is 13.2. The van der Waals surface area contributed by atoms with Gasteiger partial charge >= 0.3 is 6.03 Å². The predicted octanol–water partition coefficient (Wildman–Crippen LogP) is 6.41. The first-order chi connectivity index (χ1) is 16.2. The fraction of sp³-hybridized carbons (Fsp3) is 0.500. The Kier molecular flexibility index (Phi) is 13.4. The summed E-state index contributed by atoms with van der Waals surface area (Å²) in [6, 6.07) is 15.7. The Bertz CT molecular complexity index is 801. The van der Waals surface area contributed by atoms with Crippen LogP contribution < -0.4 is 10.1 Å². The van der Waals surface area contributed by atoms with Crippen LogP contribution in [-0.2, 0) is 16.0 Å². The highest BCUT2D eigenvalue weighted by Crippen LogP contribution is 2.25. The van der Waals surface area contributed by atoms with E-state index < -0.39 is 0 Å². The van der Waals surface area contributed by atoms with Gasteiger partial charge < -0.3 is 24.4 Å². The molecule has 0 unspecified atom stereocenters. The highest BCUT2D eigenvalue weighted by atomic mass is 32.2. The number of benzene rings is 2. The first-order valence-corrected chi connectivity index (χ1v) is 12.9. The van der Waals surface area contributed by atoms with Crippen molar-refractivity contribution in [1.82, 2.24) is 4.90 Å². The molecule has 2 amide bonds. The number of carbonyl (C=O) groups excluding carboxylic acids is 1. The van der Waals surface area contributed by atoms with E-state index in [0.717, 1.165) is 41.3 Å². The minimum Gasteiger partial charge on any atom is -0.468 e. The molecule has 0 saturated carbocycles. The number of rotatable bonds is 16. The first-order valence-electron chi connectivity index (χ1n) is 11.6. The number of hydrogen-bond donors (Lipinski definition) is 1. The molecule has 0 radical (unpaired) electrons. The number of para-hydroxylation sites is 1. The molecule has 7 heteroatoms. The van der Waals surface area contributed by atoms with E-state index in [-0.39, 0.29) is 12.8 Å². The summed E-state index contributed by atoms with van der Waals surface area (Å²) in [6.07, 6.45) is 7.81. The average Bonchev–Trinajstić information content (AvgIpc) is 2.84. The predicted molar refractivity (Wildman–Crippen MR) is 136 cm³/mol. The third-order valence-electron chi connectivity index (χ3n) is 5.20. The SMILES string of the molecule is CCCCCCCN(Cc1ccc(OCOCCOC)cc1)C(=O)Nc1ccccc1SC. The van der Waals surface area contributed by atoms with Gasteiger partial charge in [0.05, 0.1) is 18.9 Å². The van der Waals surface area contributed by atoms with Gasteiger partial charge in [-0.1, -0.05) is 56.9 Å². The third kappa shape index (κ3) is 10.5. The fourth-order valence-corrected chi connectivity index (χ4v) is 3.88. The number of amides is 2. The number of unbranched alkanes of at least 4 members (excludes halogenated alkanes) is 4. The van der Waals surface area contributed by atoms with Gasteiger partial charge in [-0.15, -0.1) is 11.8 Å². The standard InChI is InChI=1S/C26H38N2O4S/c1-4-5-6-7-10-17-28(26(29)27-24-11-8-9-12-25(24)33-3)20-22-13-15-23(16-14-22)32-21-31-19-18-30-2/h8-9,11-16H,4-7,10,17-21H2,1-3H3,(H,27,29). The highest BCUT2D eigenvalue weighted by molar-refractivity contribution is 7.98. The van der Waals surface area contributed by atoms with Gasteiger partial charge in [0.15, 0.2) is 6.79 Å². The molecule has 0 heterocycles. The molecule has 6 nitrogen and oxygen atoms in total. The zero-order chi connectivity index (χ0) is 23.7. The van der Waals surface area contributed by atoms with Crippen molar-refractivity contribution in [3.8, 4) is 5.75 Å². The van der Waals surface area contributed by atoms with E-state index in [1.54, 1.807) is 18.9 Å². The maximum atomic E-state index is 13.2. The summed E-state index contributed by atoms with van der Waals surface area (Å²) >= 11 is 1.63. The van der Waals surface area contributed by atoms with Crippen molar-refractivity contribution in [2.45, 2.75) is 50.5 Å². The Morgan fingerprint density at radius 2 is 1.76 bits per heavy atom. The van der Waals surface area contributed by atoms with Crippen LogP contribution >= 0.6 is 11.8 Å². The number of urea groups is 1. The van der Waals surface area contributed by atoms with E-state index >= 15 is 0 Å². The second-order valence-corrected chi connectivity index (χ2v) is 8.62. The summed E-state index contributed by atoms with van der Waals surface area (Å²) in [7, 11) is 1.64. The summed E-state index contributed by atoms with van der Waals surface area (Å²) in [5, 5.41) is 3.10. The zero-order valence-corrected chi connectivity index (χ0v) is 21.0. The van der Waals surface area contributed by atoms with Crippen molar-refractivity contribution in [3.63, 3.8) is 0 Å². The number of carbonyl (C=O) groups is 1. The Labute approximate surface area is 203 Å². The normalized spacial score (nSPS) is 10.8. The van der Waals surface area contributed by atoms with Crippen LogP contribution in [0.25, 0.3) is 0 Å². The van der Waals surface area contributed by atoms with Gasteiger partial charge in [0.1, 0.15) is 5.75 Å². The highest BCUT2D eigenvalue weighted by Gasteiger charge is 2.15. The lowest BCUT2D eigenvalue weighted by Crippen LogP contribution is -2.35. The molecule has 182 valence electrons. The van der Waals surface area contributed by atoms with E-state index in [1.807, 2.05) is 59.7 Å². The van der Waals surface area contributed by atoms with E-state index in [0.29, 0.717) is 19.8 Å². The zero-order valence-electron chi connectivity index (χ0n) is 20.2. The van der Waals surface area contributed by atoms with Crippen LogP contribution in [-0.4, -0.2) is 50.8 Å². The van der Waals surface area contributed by atoms with Crippen molar-refractivity contribution < 1.29 is 19.0 Å². The summed E-state index contributed by atoms with van der Waals surface area (Å²) in [4.78, 5) is 16.1. The van der Waals surface area contributed by atoms with E-state index in [2.05, 4.69) is 12.2 Å². The van der Waals surface area contributed by atoms with Gasteiger partial charge in [0, 0.05) is 25.1 Å². The largest absolute Gasteiger partial charge is 0.468 e. The minimum atomic E-state index is -0.0705. The van der Waals surface area contributed by atoms with Gasteiger partial charge in [-0.05, 0) is 42.5 Å². The summed E-state index contributed by atoms with van der Waals surface area (Å²) in [5.74, 6) is 0.737. The Morgan fingerprint density at radius 3 is 2.48 bits per heavy atom. The second kappa shape index (κ2) is 16.4. The smallest absolute Gasteiger partial charge is 0.322 e. The van der Waals surface area contributed by atoms with Crippen LogP contribution in [0.4, 0.5) is 10.5 Å². The van der Waals surface area contributed by atoms with Gasteiger partial charge in [-0.2, -0.15) is 0 Å². The molecule has 0 aliphatic heterocycles. The van der Waals surface area contributed by atoms with Crippen LogP contribution in [0.15, 0.2) is 53.4 Å². The number of anilines is 1. The van der Waals surface area contributed by atoms with Crippen molar-refractivity contribution in [2.75, 3.05) is 45.2 Å². The Balaban J connectivity index is 1.97. The molecule has 0 fully saturated rings. The lowest BCUT2D eigenvalue weighted by Gasteiger charge is -2.24. The Hall–Kier alpha value is -2.22. The lowest BCUT2D eigenvalue weighted by atomic mass is 10.1. The number of thioether (sulfide) groups is 1. The molecule has 2 aromatic carbocycles. The molecular weight excluding hydrogens is 436 g/mol. The van der Waals surface area contributed by atoms with E-state index in [1.165, 1.54) is 19.3 Å². The summed E-state index contributed by atoms with van der Waals surface area (Å²) in [6.45, 7) is 4.71. The molecule has 2 rings (SSSR count). The average molecular weight is 475 g/mol. The van der Waals surface area contributed by atoms with Crippen LogP contribution in [0.3, 0.4) is 0 Å². The number of methoxy groups -OCH3 is 1. The van der Waals surface area contributed by atoms with E-state index in [9.17, 15) is 4.79 Å². The third-order valence-corrected chi connectivity index (χ3v) is 6.00. The quantitative estimate of drug-likeness (QED) is 0.173. The molecular formula is C26H38N2O4S. The van der Waals surface area contributed by atoms with Crippen molar-refractivity contribution in [2.24, 2.45) is 0 Å². The van der Waals surface area contributed by atoms with Crippen LogP contribution in [0.2, 0.25) is 0 Å². The molecule has 0 aliphatic rings.